The van der Waals surface area contributed by atoms with Gasteiger partial charge >= 0.3 is 0 Å². The lowest BCUT2D eigenvalue weighted by atomic mass is 9.99. The van der Waals surface area contributed by atoms with Gasteiger partial charge in [0.2, 0.25) is 6.41 Å². The zero-order chi connectivity index (χ0) is 22.6. The molecule has 2 unspecified atom stereocenters. The van der Waals surface area contributed by atoms with E-state index in [2.05, 4.69) is 5.32 Å². The summed E-state index contributed by atoms with van der Waals surface area (Å²) < 4.78 is 30.6. The highest BCUT2D eigenvalue weighted by Crippen LogP contribution is 2.23. The number of aliphatic hydroxyl groups is 1. The third-order valence-electron chi connectivity index (χ3n) is 4.56. The fraction of sp³-hybridized carbons (Fsp3) is 0.318. The topological polar surface area (TPSA) is 90.8 Å². The van der Waals surface area contributed by atoms with Crippen molar-refractivity contribution in [3.05, 3.63) is 60.2 Å². The molecule has 0 aliphatic rings. The van der Waals surface area contributed by atoms with Crippen molar-refractivity contribution < 1.29 is 28.6 Å². The Balaban J connectivity index is 0.00000103. The van der Waals surface area contributed by atoms with Crippen molar-refractivity contribution in [2.45, 2.75) is 31.9 Å². The molecule has 0 saturated carbocycles. The van der Waals surface area contributed by atoms with E-state index in [0.29, 0.717) is 6.54 Å². The molecule has 0 fully saturated rings. The molecule has 0 aromatic heterocycles. The van der Waals surface area contributed by atoms with E-state index in [-0.39, 0.29) is 6.41 Å². The van der Waals surface area contributed by atoms with Gasteiger partial charge in [-0.15, -0.1) is 0 Å². The van der Waals surface area contributed by atoms with Crippen LogP contribution in [0.2, 0.25) is 0 Å². The second-order valence-corrected chi connectivity index (χ2v) is 6.66. The molecule has 0 aliphatic carbocycles. The zero-order valence-corrected chi connectivity index (χ0v) is 17.2. The first-order chi connectivity index (χ1) is 14.3. The first kappa shape index (κ1) is 25.2. The van der Waals surface area contributed by atoms with E-state index in [0.717, 1.165) is 29.4 Å². The van der Waals surface area contributed by atoms with E-state index in [4.69, 9.17) is 14.7 Å². The lowest BCUT2D eigenvalue weighted by Crippen LogP contribution is -2.51. The highest BCUT2D eigenvalue weighted by molar-refractivity contribution is 5.66. The van der Waals surface area contributed by atoms with Crippen molar-refractivity contribution in [1.82, 2.24) is 10.8 Å². The average Bonchev–Trinajstić information content (AvgIpc) is 2.77. The van der Waals surface area contributed by atoms with E-state index >= 15 is 0 Å². The summed E-state index contributed by atoms with van der Waals surface area (Å²) in [5.41, 5.74) is 2.42. The maximum atomic E-state index is 12.7. The van der Waals surface area contributed by atoms with Crippen molar-refractivity contribution in [1.29, 1.82) is 0 Å². The third kappa shape index (κ3) is 7.90. The van der Waals surface area contributed by atoms with Gasteiger partial charge in [0.05, 0.1) is 7.11 Å². The van der Waals surface area contributed by atoms with E-state index in [1.165, 1.54) is 5.48 Å². The molecule has 6 nitrogen and oxygen atoms in total. The van der Waals surface area contributed by atoms with Gasteiger partial charge in [0.15, 0.2) is 0 Å². The van der Waals surface area contributed by atoms with Gasteiger partial charge in [-0.25, -0.2) is 14.3 Å². The first-order valence-corrected chi connectivity index (χ1v) is 9.24. The molecule has 0 saturated heterocycles. The Morgan fingerprint density at radius 3 is 2.03 bits per heavy atom. The Morgan fingerprint density at radius 1 is 1.10 bits per heavy atom. The molecule has 30 heavy (non-hydrogen) atoms. The number of nitrogens with one attached hydrogen (secondary N) is 2. The van der Waals surface area contributed by atoms with Crippen LogP contribution >= 0.6 is 0 Å². The molecule has 8 heteroatoms. The molecule has 4 N–H and O–H groups in total. The van der Waals surface area contributed by atoms with Crippen LogP contribution in [-0.4, -0.2) is 48.4 Å². The normalized spacial score (nSPS) is 13.9. The van der Waals surface area contributed by atoms with Crippen LogP contribution in [0.4, 0.5) is 8.78 Å². The number of halogens is 2. The van der Waals surface area contributed by atoms with Crippen molar-refractivity contribution >= 4 is 12.5 Å². The fourth-order valence-electron chi connectivity index (χ4n) is 2.41. The highest BCUT2D eigenvalue weighted by Gasteiger charge is 2.37. The number of alkyl halides is 2. The number of rotatable bonds is 9. The number of ether oxygens (including phenoxy) is 1. The van der Waals surface area contributed by atoms with Gasteiger partial charge < -0.3 is 15.2 Å². The number of hydrogen-bond acceptors (Lipinski definition) is 5. The third-order valence-corrected chi connectivity index (χ3v) is 4.56. The number of hydrogen-bond donors (Lipinski definition) is 4. The van der Waals surface area contributed by atoms with Gasteiger partial charge in [0.25, 0.3) is 6.43 Å². The summed E-state index contributed by atoms with van der Waals surface area (Å²) in [6.45, 7) is 3.07. The lowest BCUT2D eigenvalue weighted by Gasteiger charge is -2.29. The van der Waals surface area contributed by atoms with Crippen LogP contribution in [-0.2, 0) is 4.79 Å². The van der Waals surface area contributed by atoms with Gasteiger partial charge in [0, 0.05) is 12.6 Å². The van der Waals surface area contributed by atoms with Crippen molar-refractivity contribution in [3.63, 3.8) is 0 Å². The molecule has 0 heterocycles. The van der Waals surface area contributed by atoms with Crippen LogP contribution in [0.5, 0.6) is 5.75 Å². The zero-order valence-electron chi connectivity index (χ0n) is 17.2. The quantitative estimate of drug-likeness (QED) is 0.282. The minimum Gasteiger partial charge on any atom is -0.497 e. The Bertz CT molecular complexity index is 779. The molecule has 0 spiro atoms. The molecule has 0 radical (unpaired) electrons. The Kier molecular flexibility index (Phi) is 10.7. The number of methoxy groups -OCH3 is 1. The largest absolute Gasteiger partial charge is 0.497 e. The standard InChI is InChI=1S/C21H25F2NO2.CH3NO2/c1-15(21(2,25)20(22)23)24-14-4-5-16-6-8-17(9-7-16)18-10-12-19(26-3)13-11-18;3-1-2-4/h4-13,15,20,24-25H,14H2,1-3H3;1,4H,(H,2,3)/b5-4+;. The molecular formula is C22H28F2N2O4. The fourth-order valence-corrected chi connectivity index (χ4v) is 2.41. The molecule has 1 amide bonds. The van der Waals surface area contributed by atoms with Crippen LogP contribution in [0, 0.1) is 0 Å². The Hall–Kier alpha value is -2.81. The Labute approximate surface area is 175 Å². The number of carbonyl (C=O) groups is 1. The summed E-state index contributed by atoms with van der Waals surface area (Å²) >= 11 is 0. The maximum absolute atomic E-state index is 12.7. The summed E-state index contributed by atoms with van der Waals surface area (Å²) in [6.07, 6.45) is 1.15. The van der Waals surface area contributed by atoms with Gasteiger partial charge in [-0.2, -0.15) is 0 Å². The minimum absolute atomic E-state index is 0.181. The monoisotopic (exact) mass is 422 g/mol. The molecule has 0 bridgehead atoms. The van der Waals surface area contributed by atoms with Crippen molar-refractivity contribution in [3.8, 4) is 16.9 Å². The molecule has 2 aromatic carbocycles. The van der Waals surface area contributed by atoms with E-state index < -0.39 is 18.1 Å². The van der Waals surface area contributed by atoms with E-state index in [1.54, 1.807) is 14.0 Å². The van der Waals surface area contributed by atoms with Crippen molar-refractivity contribution in [2.24, 2.45) is 0 Å². The molecule has 2 rings (SSSR count). The summed E-state index contributed by atoms with van der Waals surface area (Å²) in [5, 5.41) is 19.9. The molecule has 164 valence electrons. The van der Waals surface area contributed by atoms with Gasteiger partial charge in [-0.1, -0.05) is 48.6 Å². The SMILES string of the molecule is COc1ccc(-c2ccc(/C=C/CNC(C)C(C)(O)C(F)F)cc2)cc1.O=CNO. The van der Waals surface area contributed by atoms with Crippen LogP contribution in [0.3, 0.4) is 0 Å². The maximum Gasteiger partial charge on any atom is 0.268 e. The first-order valence-electron chi connectivity index (χ1n) is 9.24. The molecule has 2 atom stereocenters. The predicted molar refractivity (Wildman–Crippen MR) is 113 cm³/mol. The van der Waals surface area contributed by atoms with E-state index in [1.807, 2.05) is 60.7 Å². The van der Waals surface area contributed by atoms with E-state index in [9.17, 15) is 13.9 Å². The summed E-state index contributed by atoms with van der Waals surface area (Å²) in [5.74, 6) is 0.820. The smallest absolute Gasteiger partial charge is 0.268 e. The predicted octanol–water partition coefficient (Wildman–Crippen LogP) is 3.49. The van der Waals surface area contributed by atoms with Crippen LogP contribution < -0.4 is 15.5 Å². The lowest BCUT2D eigenvalue weighted by molar-refractivity contribution is -0.116. The van der Waals surface area contributed by atoms with Crippen molar-refractivity contribution in [2.75, 3.05) is 13.7 Å². The summed E-state index contributed by atoms with van der Waals surface area (Å²) in [6, 6.07) is 15.2. The van der Waals surface area contributed by atoms with Crippen LogP contribution in [0.25, 0.3) is 17.2 Å². The Morgan fingerprint density at radius 2 is 1.60 bits per heavy atom. The number of hydroxylamine groups is 1. The summed E-state index contributed by atoms with van der Waals surface area (Å²) in [4.78, 5) is 8.81. The molecule has 2 aromatic rings. The van der Waals surface area contributed by atoms with Gasteiger partial charge in [0.1, 0.15) is 11.4 Å². The van der Waals surface area contributed by atoms with Crippen LogP contribution in [0.1, 0.15) is 19.4 Å². The number of carbonyl (C=O) groups excluding carboxylic acids is 1. The average molecular weight is 422 g/mol. The second kappa shape index (κ2) is 12.7. The number of amides is 1. The molecular weight excluding hydrogens is 394 g/mol. The second-order valence-electron chi connectivity index (χ2n) is 6.66. The highest BCUT2D eigenvalue weighted by atomic mass is 19.3. The molecule has 0 aliphatic heterocycles. The number of benzene rings is 2. The summed E-state index contributed by atoms with van der Waals surface area (Å²) in [7, 11) is 1.64. The van der Waals surface area contributed by atoms with Crippen LogP contribution in [0.15, 0.2) is 54.6 Å². The van der Waals surface area contributed by atoms with Gasteiger partial charge in [-0.05, 0) is 42.7 Å². The van der Waals surface area contributed by atoms with Gasteiger partial charge in [-0.3, -0.25) is 10.0 Å². The minimum atomic E-state index is -2.79.